The standard InChI is InChI=1S/C53H36N4O/c54-53(38-14-3-1-4-15-38)43-19-9-10-20-45(43)55-57-48-32-28-37-13-7-8-18-42(37)52(48)44-30-27-39(33-49(44)57)35-23-25-36(26-24-35)40-29-31-47-51(34-40)58-50-22-12-11-21-46(50)56(47)41-16-5-2-6-17-41/h1-34,54-55H. The lowest BCUT2D eigenvalue weighted by Gasteiger charge is -2.33. The number of hydrogen-bond donors (Lipinski definition) is 2. The van der Waals surface area contributed by atoms with Crippen LogP contribution in [0.3, 0.4) is 0 Å². The number of nitrogens with zero attached hydrogens (tertiary/aromatic N) is 2. The number of hydrogen-bond acceptors (Lipinski definition) is 4. The Hall–Kier alpha value is -7.89. The lowest BCUT2D eigenvalue weighted by atomic mass is 9.98. The van der Waals surface area contributed by atoms with Crippen LogP contribution in [-0.4, -0.2) is 10.4 Å². The number of para-hydroxylation sites is 4. The van der Waals surface area contributed by atoms with Crippen LogP contribution in [0.1, 0.15) is 11.1 Å². The summed E-state index contributed by atoms with van der Waals surface area (Å²) >= 11 is 0. The number of anilines is 4. The second-order valence-corrected chi connectivity index (χ2v) is 14.6. The van der Waals surface area contributed by atoms with Gasteiger partial charge in [-0.3, -0.25) is 15.5 Å². The van der Waals surface area contributed by atoms with E-state index in [9.17, 15) is 0 Å². The summed E-state index contributed by atoms with van der Waals surface area (Å²) in [5, 5.41) is 13.9. The molecule has 0 saturated heterocycles. The third-order valence-corrected chi connectivity index (χ3v) is 11.2. The van der Waals surface area contributed by atoms with Crippen molar-refractivity contribution in [1.29, 1.82) is 5.41 Å². The average Bonchev–Trinajstić information content (AvgIpc) is 3.61. The van der Waals surface area contributed by atoms with Gasteiger partial charge in [-0.2, -0.15) is 0 Å². The van der Waals surface area contributed by atoms with Crippen LogP contribution in [0.25, 0.3) is 54.8 Å². The van der Waals surface area contributed by atoms with Gasteiger partial charge in [0.15, 0.2) is 11.5 Å². The number of nitrogens with one attached hydrogen (secondary N) is 2. The second-order valence-electron chi connectivity index (χ2n) is 14.6. The van der Waals surface area contributed by atoms with Crippen molar-refractivity contribution in [3.63, 3.8) is 0 Å². The van der Waals surface area contributed by atoms with E-state index in [0.29, 0.717) is 5.71 Å². The van der Waals surface area contributed by atoms with Gasteiger partial charge in [-0.15, -0.1) is 0 Å². The first-order valence-corrected chi connectivity index (χ1v) is 19.5. The summed E-state index contributed by atoms with van der Waals surface area (Å²) in [6, 6.07) is 71.6. The van der Waals surface area contributed by atoms with Crippen molar-refractivity contribution in [2.75, 3.05) is 10.3 Å². The van der Waals surface area contributed by atoms with Crippen LogP contribution in [0.2, 0.25) is 0 Å². The van der Waals surface area contributed by atoms with Crippen molar-refractivity contribution in [3.8, 4) is 33.8 Å². The Labute approximate surface area is 336 Å². The molecule has 0 amide bonds. The maximum Gasteiger partial charge on any atom is 0.152 e. The first kappa shape index (κ1) is 33.4. The van der Waals surface area contributed by atoms with Crippen LogP contribution < -0.4 is 15.1 Å². The minimum absolute atomic E-state index is 0.472. The van der Waals surface area contributed by atoms with Gasteiger partial charge >= 0.3 is 0 Å². The zero-order valence-electron chi connectivity index (χ0n) is 31.4. The number of benzene rings is 9. The molecular formula is C53H36N4O. The highest BCUT2D eigenvalue weighted by atomic mass is 16.5. The summed E-state index contributed by atoms with van der Waals surface area (Å²) < 4.78 is 8.70. The van der Waals surface area contributed by atoms with E-state index in [4.69, 9.17) is 10.1 Å². The number of rotatable bonds is 7. The molecule has 0 aliphatic carbocycles. The van der Waals surface area contributed by atoms with Gasteiger partial charge in [0.25, 0.3) is 0 Å². The highest BCUT2D eigenvalue weighted by molar-refractivity contribution is 6.21. The Morgan fingerprint density at radius 2 is 1.10 bits per heavy atom. The summed E-state index contributed by atoms with van der Waals surface area (Å²) in [4.78, 5) is 2.26. The second kappa shape index (κ2) is 13.7. The summed E-state index contributed by atoms with van der Waals surface area (Å²) in [5.41, 5.74) is 16.5. The van der Waals surface area contributed by atoms with E-state index >= 15 is 0 Å². The van der Waals surface area contributed by atoms with Gasteiger partial charge < -0.3 is 9.64 Å². The van der Waals surface area contributed by atoms with E-state index in [2.05, 4.69) is 148 Å². The monoisotopic (exact) mass is 744 g/mol. The third kappa shape index (κ3) is 5.60. The van der Waals surface area contributed by atoms with E-state index in [-0.39, 0.29) is 0 Å². The quantitative estimate of drug-likeness (QED) is 0.160. The Kier molecular flexibility index (Phi) is 7.90. The molecule has 274 valence electrons. The minimum Gasteiger partial charge on any atom is -0.453 e. The van der Waals surface area contributed by atoms with Crippen molar-refractivity contribution in [2.45, 2.75) is 0 Å². The molecule has 1 aromatic heterocycles. The number of fused-ring (bicyclic) bond motifs is 7. The Morgan fingerprint density at radius 3 is 1.93 bits per heavy atom. The Morgan fingerprint density at radius 1 is 0.466 bits per heavy atom. The van der Waals surface area contributed by atoms with Gasteiger partial charge in [0.05, 0.1) is 33.8 Å². The molecule has 0 fully saturated rings. The molecule has 2 N–H and O–H groups in total. The van der Waals surface area contributed by atoms with E-state index in [1.54, 1.807) is 0 Å². The fourth-order valence-corrected chi connectivity index (χ4v) is 8.41. The molecule has 58 heavy (non-hydrogen) atoms. The van der Waals surface area contributed by atoms with Crippen molar-refractivity contribution in [3.05, 3.63) is 217 Å². The van der Waals surface area contributed by atoms with Crippen molar-refractivity contribution in [2.24, 2.45) is 0 Å². The molecule has 9 aromatic carbocycles. The van der Waals surface area contributed by atoms with Crippen LogP contribution in [0.5, 0.6) is 11.5 Å². The van der Waals surface area contributed by atoms with Crippen LogP contribution in [-0.2, 0) is 0 Å². The summed E-state index contributed by atoms with van der Waals surface area (Å²) in [7, 11) is 0. The largest absolute Gasteiger partial charge is 0.453 e. The molecule has 0 unspecified atom stereocenters. The summed E-state index contributed by atoms with van der Waals surface area (Å²) in [6.07, 6.45) is 0. The topological polar surface area (TPSA) is 53.3 Å². The molecule has 0 spiro atoms. The van der Waals surface area contributed by atoms with Gasteiger partial charge in [-0.1, -0.05) is 152 Å². The normalized spacial score (nSPS) is 12.0. The third-order valence-electron chi connectivity index (χ3n) is 11.2. The van der Waals surface area contributed by atoms with Crippen molar-refractivity contribution < 1.29 is 4.74 Å². The Bertz CT molecular complexity index is 3190. The van der Waals surface area contributed by atoms with Crippen molar-refractivity contribution in [1.82, 2.24) is 4.68 Å². The molecule has 0 saturated carbocycles. The van der Waals surface area contributed by atoms with Crippen LogP contribution in [0.4, 0.5) is 22.7 Å². The SMILES string of the molecule is N=C(c1ccccc1)c1ccccc1Nn1c2cc(-c3ccc(-c4ccc5c(c4)Oc4ccccc4N5c4ccccc4)cc3)ccc2c2c3ccccc3ccc21. The maximum absolute atomic E-state index is 9.16. The molecule has 0 bridgehead atoms. The predicted octanol–water partition coefficient (Wildman–Crippen LogP) is 14.1. The van der Waals surface area contributed by atoms with Gasteiger partial charge in [0.2, 0.25) is 0 Å². The van der Waals surface area contributed by atoms with Crippen LogP contribution in [0.15, 0.2) is 206 Å². The van der Waals surface area contributed by atoms with Crippen LogP contribution in [0, 0.1) is 5.41 Å². The van der Waals surface area contributed by atoms with Gasteiger partial charge in [0, 0.05) is 27.6 Å². The van der Waals surface area contributed by atoms with E-state index < -0.39 is 0 Å². The predicted molar refractivity (Wildman–Crippen MR) is 240 cm³/mol. The van der Waals surface area contributed by atoms with Gasteiger partial charge in [-0.05, 0) is 87.6 Å². The van der Waals surface area contributed by atoms with E-state index in [1.165, 1.54) is 16.2 Å². The first-order chi connectivity index (χ1) is 28.7. The number of ether oxygens (including phenoxy) is 1. The zero-order valence-corrected chi connectivity index (χ0v) is 31.4. The first-order valence-electron chi connectivity index (χ1n) is 19.5. The summed E-state index contributed by atoms with van der Waals surface area (Å²) in [5.74, 6) is 1.66. The molecule has 10 aromatic rings. The molecular weight excluding hydrogens is 709 g/mol. The summed E-state index contributed by atoms with van der Waals surface area (Å²) in [6.45, 7) is 0. The van der Waals surface area contributed by atoms with Crippen molar-refractivity contribution >= 4 is 61.0 Å². The molecule has 5 nitrogen and oxygen atoms in total. The highest BCUT2D eigenvalue weighted by Crippen LogP contribution is 2.51. The number of aromatic nitrogens is 1. The molecule has 2 heterocycles. The lowest BCUT2D eigenvalue weighted by molar-refractivity contribution is 0.477. The average molecular weight is 745 g/mol. The molecule has 1 aliphatic rings. The van der Waals surface area contributed by atoms with Gasteiger partial charge in [0.1, 0.15) is 0 Å². The fourth-order valence-electron chi connectivity index (χ4n) is 8.41. The molecule has 1 aliphatic heterocycles. The zero-order chi connectivity index (χ0) is 38.6. The lowest BCUT2D eigenvalue weighted by Crippen LogP contribution is -2.15. The molecule has 5 heteroatoms. The molecule has 0 atom stereocenters. The molecule has 0 radical (unpaired) electrons. The minimum atomic E-state index is 0.472. The molecule has 11 rings (SSSR count). The van der Waals surface area contributed by atoms with Crippen LogP contribution >= 0.6 is 0 Å². The fraction of sp³-hybridized carbons (Fsp3) is 0. The smallest absolute Gasteiger partial charge is 0.152 e. The highest BCUT2D eigenvalue weighted by Gasteiger charge is 2.26. The van der Waals surface area contributed by atoms with E-state index in [1.807, 2.05) is 72.8 Å². The van der Waals surface area contributed by atoms with Gasteiger partial charge in [-0.25, -0.2) is 0 Å². The Balaban J connectivity index is 0.982. The van der Waals surface area contributed by atoms with E-state index in [0.717, 1.165) is 84.0 Å². The maximum atomic E-state index is 9.16.